The summed E-state index contributed by atoms with van der Waals surface area (Å²) in [4.78, 5) is 40.2. The Kier molecular flexibility index (Phi) is 4.24. The summed E-state index contributed by atoms with van der Waals surface area (Å²) in [5.41, 5.74) is -0.125. The van der Waals surface area contributed by atoms with Crippen molar-refractivity contribution >= 4 is 17.5 Å². The molecule has 0 radical (unpaired) electrons. The van der Waals surface area contributed by atoms with Gasteiger partial charge in [0.15, 0.2) is 5.78 Å². The van der Waals surface area contributed by atoms with Gasteiger partial charge < -0.3 is 4.74 Å². The molecule has 4 heteroatoms. The maximum atomic E-state index is 14.0. The van der Waals surface area contributed by atoms with E-state index < -0.39 is 5.41 Å². The smallest absolute Gasteiger partial charge is 0.320 e. The molecule has 0 unspecified atom stereocenters. The number of Topliss-reactive ketones (excluding diaryl/α,β-unsaturated/α-hetero) is 2. The molecule has 186 valence electrons. The lowest BCUT2D eigenvalue weighted by Gasteiger charge is -2.69. The summed E-state index contributed by atoms with van der Waals surface area (Å²) in [5, 5.41) is 0. The Bertz CT molecular complexity index is 1050. The van der Waals surface area contributed by atoms with Gasteiger partial charge in [0.1, 0.15) is 17.3 Å². The van der Waals surface area contributed by atoms with E-state index in [1.54, 1.807) is 0 Å². The van der Waals surface area contributed by atoms with Crippen molar-refractivity contribution in [2.45, 2.75) is 106 Å². The van der Waals surface area contributed by atoms with E-state index in [-0.39, 0.29) is 50.8 Å². The van der Waals surface area contributed by atoms with Crippen molar-refractivity contribution in [3.8, 4) is 0 Å². The van der Waals surface area contributed by atoms with Gasteiger partial charge in [-0.1, -0.05) is 60.1 Å². The number of rotatable bonds is 0. The van der Waals surface area contributed by atoms with Crippen molar-refractivity contribution in [1.29, 1.82) is 0 Å². The number of allylic oxidation sites excluding steroid dienone is 2. The van der Waals surface area contributed by atoms with Crippen molar-refractivity contribution in [3.63, 3.8) is 0 Å². The summed E-state index contributed by atoms with van der Waals surface area (Å²) in [7, 11) is 0. The standard InChI is InChI=1S/C30H42O4/c1-25(2)14-18-17-8-9-20-27(5)12-11-21(31)26(3,4)19(27)10-13-28(20,6)29(17,7)15-22(32)30(18)16-23(25)34-24(30)33/h8,18-20,23H,9-16H2,1-7H3/t18-,19-,20+,23-,27-,28+,29+,30+/m0/s1. The number of carbonyl (C=O) groups is 3. The van der Waals surface area contributed by atoms with Crippen LogP contribution in [0.4, 0.5) is 0 Å². The Balaban J connectivity index is 1.48. The van der Waals surface area contributed by atoms with Crippen LogP contribution in [-0.2, 0) is 19.1 Å². The molecule has 0 aromatic carbocycles. The summed E-state index contributed by atoms with van der Waals surface area (Å²) >= 11 is 0. The number of esters is 1. The highest BCUT2D eigenvalue weighted by molar-refractivity contribution is 6.07. The van der Waals surface area contributed by atoms with Crippen LogP contribution in [0.5, 0.6) is 0 Å². The molecule has 0 aromatic heterocycles. The molecule has 5 fully saturated rings. The van der Waals surface area contributed by atoms with Crippen LogP contribution in [0.1, 0.15) is 99.8 Å². The van der Waals surface area contributed by atoms with Crippen LogP contribution in [-0.4, -0.2) is 23.6 Å². The summed E-state index contributed by atoms with van der Waals surface area (Å²) in [6.45, 7) is 16.0. The molecule has 0 N–H and O–H groups in total. The van der Waals surface area contributed by atoms with Gasteiger partial charge in [-0.3, -0.25) is 14.4 Å². The van der Waals surface area contributed by atoms with Crippen LogP contribution in [0, 0.1) is 50.2 Å². The third-order valence-electron chi connectivity index (χ3n) is 13.0. The van der Waals surface area contributed by atoms with E-state index in [0.717, 1.165) is 32.1 Å². The van der Waals surface area contributed by atoms with E-state index in [1.807, 2.05) is 0 Å². The van der Waals surface area contributed by atoms with Gasteiger partial charge in [-0.15, -0.1) is 0 Å². The fraction of sp³-hybridized carbons (Fsp3) is 0.833. The predicted octanol–water partition coefficient (Wildman–Crippen LogP) is 6.07. The van der Waals surface area contributed by atoms with Crippen molar-refractivity contribution in [2.24, 2.45) is 50.2 Å². The first-order chi connectivity index (χ1) is 15.6. The Hall–Kier alpha value is -1.45. The van der Waals surface area contributed by atoms with Crippen molar-refractivity contribution < 1.29 is 19.1 Å². The van der Waals surface area contributed by atoms with Crippen molar-refractivity contribution in [3.05, 3.63) is 11.6 Å². The number of ether oxygens (including phenoxy) is 1. The topological polar surface area (TPSA) is 60.4 Å². The number of ketones is 2. The van der Waals surface area contributed by atoms with Crippen LogP contribution in [0.2, 0.25) is 0 Å². The van der Waals surface area contributed by atoms with E-state index in [0.29, 0.717) is 36.9 Å². The van der Waals surface area contributed by atoms with E-state index in [1.165, 1.54) is 5.57 Å². The molecule has 4 saturated carbocycles. The molecule has 0 aromatic rings. The predicted molar refractivity (Wildman–Crippen MR) is 130 cm³/mol. The summed E-state index contributed by atoms with van der Waals surface area (Å²) in [5.74, 6) is 1.10. The second-order valence-corrected chi connectivity index (χ2v) is 14.9. The second kappa shape index (κ2) is 6.27. The molecule has 4 nitrogen and oxygen atoms in total. The van der Waals surface area contributed by atoms with Crippen LogP contribution in [0.15, 0.2) is 11.6 Å². The quantitative estimate of drug-likeness (QED) is 0.247. The fourth-order valence-electron chi connectivity index (χ4n) is 10.7. The van der Waals surface area contributed by atoms with E-state index in [2.05, 4.69) is 54.5 Å². The van der Waals surface area contributed by atoms with Gasteiger partial charge in [-0.25, -0.2) is 0 Å². The molecule has 1 spiro atoms. The largest absolute Gasteiger partial charge is 0.461 e. The minimum absolute atomic E-state index is 0.0143. The molecular formula is C30H42O4. The third kappa shape index (κ3) is 2.31. The lowest BCUT2D eigenvalue weighted by molar-refractivity contribution is -0.185. The van der Waals surface area contributed by atoms with E-state index in [4.69, 9.17) is 4.74 Å². The summed E-state index contributed by atoms with van der Waals surface area (Å²) in [6, 6.07) is 0. The highest BCUT2D eigenvalue weighted by atomic mass is 16.6. The number of hydrogen-bond acceptors (Lipinski definition) is 4. The van der Waals surface area contributed by atoms with Gasteiger partial charge in [-0.05, 0) is 54.8 Å². The maximum Gasteiger partial charge on any atom is 0.320 e. The molecule has 6 aliphatic rings. The average molecular weight is 467 g/mol. The summed E-state index contributed by atoms with van der Waals surface area (Å²) < 4.78 is 5.88. The normalized spacial score (nSPS) is 52.6. The first kappa shape index (κ1) is 23.0. The first-order valence-corrected chi connectivity index (χ1v) is 13.6. The molecule has 0 amide bonds. The average Bonchev–Trinajstić information content (AvgIpc) is 3.05. The highest BCUT2D eigenvalue weighted by Gasteiger charge is 2.74. The summed E-state index contributed by atoms with van der Waals surface area (Å²) in [6.07, 6.45) is 8.90. The molecule has 1 saturated heterocycles. The van der Waals surface area contributed by atoms with Crippen molar-refractivity contribution in [1.82, 2.24) is 0 Å². The van der Waals surface area contributed by atoms with Gasteiger partial charge in [0, 0.05) is 41.4 Å². The molecule has 5 aliphatic carbocycles. The van der Waals surface area contributed by atoms with Crippen LogP contribution in [0.3, 0.4) is 0 Å². The van der Waals surface area contributed by atoms with Gasteiger partial charge in [0.2, 0.25) is 0 Å². The minimum atomic E-state index is -0.949. The second-order valence-electron chi connectivity index (χ2n) is 14.9. The Labute approximate surface area is 204 Å². The minimum Gasteiger partial charge on any atom is -0.461 e. The number of fused-ring (bicyclic) bond motifs is 7. The zero-order valence-electron chi connectivity index (χ0n) is 22.2. The molecule has 34 heavy (non-hydrogen) atoms. The van der Waals surface area contributed by atoms with Gasteiger partial charge >= 0.3 is 5.97 Å². The van der Waals surface area contributed by atoms with Crippen LogP contribution in [0.25, 0.3) is 0 Å². The van der Waals surface area contributed by atoms with Gasteiger partial charge in [0.05, 0.1) is 0 Å². The first-order valence-electron chi connectivity index (χ1n) is 13.6. The molecular weight excluding hydrogens is 424 g/mol. The number of hydrogen-bond donors (Lipinski definition) is 0. The van der Waals surface area contributed by atoms with E-state index >= 15 is 0 Å². The molecule has 6 rings (SSSR count). The highest BCUT2D eigenvalue weighted by Crippen LogP contribution is 2.75. The Morgan fingerprint density at radius 2 is 1.59 bits per heavy atom. The molecule has 2 bridgehead atoms. The zero-order valence-corrected chi connectivity index (χ0v) is 22.2. The lowest BCUT2D eigenvalue weighted by atomic mass is 9.33. The third-order valence-corrected chi connectivity index (χ3v) is 13.0. The maximum absolute atomic E-state index is 14.0. The van der Waals surface area contributed by atoms with Crippen LogP contribution < -0.4 is 0 Å². The number of carbonyl (C=O) groups excluding carboxylic acids is 3. The SMILES string of the molecule is CC1(C)C[C@H]2C3=CC[C@@H]4[C@@]5(C)CCC(=O)C(C)(C)[C@@H]5CC[C@@]4(C)[C@]3(C)CC(=O)[C@@]23C[C@@H]1OC3=O. The van der Waals surface area contributed by atoms with Gasteiger partial charge in [0.25, 0.3) is 0 Å². The Morgan fingerprint density at radius 3 is 2.29 bits per heavy atom. The Morgan fingerprint density at radius 1 is 0.882 bits per heavy atom. The fourth-order valence-corrected chi connectivity index (χ4v) is 10.7. The van der Waals surface area contributed by atoms with Gasteiger partial charge in [-0.2, -0.15) is 0 Å². The molecule has 1 aliphatic heterocycles. The van der Waals surface area contributed by atoms with Crippen LogP contribution >= 0.6 is 0 Å². The zero-order chi connectivity index (χ0) is 24.7. The molecule has 8 atom stereocenters. The van der Waals surface area contributed by atoms with Crippen molar-refractivity contribution in [2.75, 3.05) is 0 Å². The monoisotopic (exact) mass is 466 g/mol. The lowest BCUT2D eigenvalue weighted by Crippen LogP contribution is -2.66. The van der Waals surface area contributed by atoms with E-state index in [9.17, 15) is 14.4 Å². The molecule has 1 heterocycles.